The molecule has 1 aliphatic rings. The summed E-state index contributed by atoms with van der Waals surface area (Å²) in [7, 11) is 0. The first-order valence-electron chi connectivity index (χ1n) is 6.31. The summed E-state index contributed by atoms with van der Waals surface area (Å²) >= 11 is 3.41. The van der Waals surface area contributed by atoms with Gasteiger partial charge in [-0.05, 0) is 24.6 Å². The van der Waals surface area contributed by atoms with Crippen LogP contribution in [0.2, 0.25) is 0 Å². The van der Waals surface area contributed by atoms with Crippen LogP contribution in [0, 0.1) is 0 Å². The number of benzene rings is 1. The van der Waals surface area contributed by atoms with Crippen LogP contribution in [0.15, 0.2) is 28.9 Å². The highest BCUT2D eigenvalue weighted by atomic mass is 79.9. The molecule has 0 amide bonds. The van der Waals surface area contributed by atoms with Gasteiger partial charge in [-0.15, -0.1) is 0 Å². The number of hydrogen-bond donors (Lipinski definition) is 2. The summed E-state index contributed by atoms with van der Waals surface area (Å²) in [5.74, 6) is -0.985. The summed E-state index contributed by atoms with van der Waals surface area (Å²) in [6.45, 7) is 1.30. The minimum atomic E-state index is -0.985. The number of rotatable bonds is 3. The summed E-state index contributed by atoms with van der Waals surface area (Å²) in [5.41, 5.74) is 1.56. The van der Waals surface area contributed by atoms with E-state index in [0.29, 0.717) is 18.9 Å². The maximum absolute atomic E-state index is 11.4. The first kappa shape index (κ1) is 13.3. The van der Waals surface area contributed by atoms with Gasteiger partial charge < -0.3 is 15.2 Å². The molecule has 0 aliphatic carbocycles. The van der Waals surface area contributed by atoms with Crippen LogP contribution in [-0.2, 0) is 4.74 Å². The van der Waals surface area contributed by atoms with Crippen molar-refractivity contribution in [3.8, 4) is 0 Å². The standard InChI is InChI=1S/C14H13BrN2O3/c15-8-1-2-12-10(5-8)13(11(6-16-12)14(18)19)17-9-3-4-20-7-9/h1-2,5-6,9H,3-4,7H2,(H,16,17)(H,18,19). The number of carboxylic acids is 1. The van der Waals surface area contributed by atoms with E-state index in [4.69, 9.17) is 4.74 Å². The minimum Gasteiger partial charge on any atom is -0.478 e. The molecule has 1 fully saturated rings. The molecule has 6 heteroatoms. The van der Waals surface area contributed by atoms with Gasteiger partial charge in [0, 0.05) is 22.7 Å². The van der Waals surface area contributed by atoms with Gasteiger partial charge in [0.25, 0.3) is 0 Å². The summed E-state index contributed by atoms with van der Waals surface area (Å²) < 4.78 is 6.22. The molecule has 1 unspecified atom stereocenters. The third-order valence-corrected chi connectivity index (χ3v) is 3.83. The van der Waals surface area contributed by atoms with Gasteiger partial charge >= 0.3 is 5.97 Å². The second-order valence-electron chi connectivity index (χ2n) is 4.72. The molecule has 1 saturated heterocycles. The molecule has 5 nitrogen and oxygen atoms in total. The molecule has 2 heterocycles. The first-order chi connectivity index (χ1) is 9.65. The summed E-state index contributed by atoms with van der Waals surface area (Å²) in [5, 5.41) is 13.4. The fraction of sp³-hybridized carbons (Fsp3) is 0.286. The maximum atomic E-state index is 11.4. The van der Waals surface area contributed by atoms with E-state index in [1.54, 1.807) is 0 Å². The van der Waals surface area contributed by atoms with Gasteiger partial charge in [0.2, 0.25) is 0 Å². The lowest BCUT2D eigenvalue weighted by Crippen LogP contribution is -2.21. The third kappa shape index (κ3) is 2.48. The van der Waals surface area contributed by atoms with Gasteiger partial charge in [-0.25, -0.2) is 4.79 Å². The van der Waals surface area contributed by atoms with Gasteiger partial charge in [-0.1, -0.05) is 15.9 Å². The Bertz CT molecular complexity index is 669. The van der Waals surface area contributed by atoms with Crippen LogP contribution in [0.1, 0.15) is 16.8 Å². The minimum absolute atomic E-state index is 0.137. The van der Waals surface area contributed by atoms with Crippen LogP contribution in [0.3, 0.4) is 0 Å². The van der Waals surface area contributed by atoms with Crippen molar-refractivity contribution in [2.24, 2.45) is 0 Å². The normalized spacial score (nSPS) is 18.4. The van der Waals surface area contributed by atoms with Crippen molar-refractivity contribution >= 4 is 38.5 Å². The van der Waals surface area contributed by atoms with Crippen molar-refractivity contribution in [2.75, 3.05) is 18.5 Å². The summed E-state index contributed by atoms with van der Waals surface area (Å²) in [6, 6.07) is 5.77. The van der Waals surface area contributed by atoms with Crippen molar-refractivity contribution in [3.05, 3.63) is 34.4 Å². The summed E-state index contributed by atoms with van der Waals surface area (Å²) in [6.07, 6.45) is 2.27. The Balaban J connectivity index is 2.14. The van der Waals surface area contributed by atoms with Crippen molar-refractivity contribution in [1.29, 1.82) is 0 Å². The molecule has 0 saturated carbocycles. The third-order valence-electron chi connectivity index (χ3n) is 3.34. The van der Waals surface area contributed by atoms with Crippen LogP contribution in [0.4, 0.5) is 5.69 Å². The van der Waals surface area contributed by atoms with E-state index in [1.807, 2.05) is 18.2 Å². The Hall–Kier alpha value is -1.66. The molecule has 0 radical (unpaired) electrons. The monoisotopic (exact) mass is 336 g/mol. The largest absolute Gasteiger partial charge is 0.478 e. The average Bonchev–Trinajstić information content (AvgIpc) is 2.92. The zero-order chi connectivity index (χ0) is 14.1. The number of nitrogens with one attached hydrogen (secondary N) is 1. The van der Waals surface area contributed by atoms with Crippen molar-refractivity contribution in [2.45, 2.75) is 12.5 Å². The van der Waals surface area contributed by atoms with E-state index in [-0.39, 0.29) is 11.6 Å². The molecule has 1 aromatic carbocycles. The van der Waals surface area contributed by atoms with E-state index in [0.717, 1.165) is 21.8 Å². The molecule has 3 rings (SSSR count). The number of carboxylic acid groups (broad SMARTS) is 1. The number of pyridine rings is 1. The van der Waals surface area contributed by atoms with E-state index < -0.39 is 5.97 Å². The Morgan fingerprint density at radius 3 is 3.05 bits per heavy atom. The van der Waals surface area contributed by atoms with Crippen molar-refractivity contribution < 1.29 is 14.6 Å². The lowest BCUT2D eigenvalue weighted by Gasteiger charge is -2.16. The Kier molecular flexibility index (Phi) is 3.58. The van der Waals surface area contributed by atoms with Crippen LogP contribution >= 0.6 is 15.9 Å². The highest BCUT2D eigenvalue weighted by molar-refractivity contribution is 9.10. The number of hydrogen-bond acceptors (Lipinski definition) is 4. The van der Waals surface area contributed by atoms with Crippen molar-refractivity contribution in [1.82, 2.24) is 4.98 Å². The molecule has 1 atom stereocenters. The van der Waals surface area contributed by atoms with Gasteiger partial charge in [-0.2, -0.15) is 0 Å². The first-order valence-corrected chi connectivity index (χ1v) is 7.10. The van der Waals surface area contributed by atoms with E-state index in [1.165, 1.54) is 6.20 Å². The molecular weight excluding hydrogens is 324 g/mol. The molecule has 2 aromatic rings. The van der Waals surface area contributed by atoms with E-state index >= 15 is 0 Å². The molecule has 20 heavy (non-hydrogen) atoms. The van der Waals surface area contributed by atoms with Crippen molar-refractivity contribution in [3.63, 3.8) is 0 Å². The Labute approximate surface area is 124 Å². The number of ether oxygens (including phenoxy) is 1. The second-order valence-corrected chi connectivity index (χ2v) is 5.63. The van der Waals surface area contributed by atoms with E-state index in [2.05, 4.69) is 26.2 Å². The molecule has 1 aromatic heterocycles. The smallest absolute Gasteiger partial charge is 0.339 e. The van der Waals surface area contributed by atoms with Gasteiger partial charge in [0.15, 0.2) is 0 Å². The zero-order valence-corrected chi connectivity index (χ0v) is 12.2. The SMILES string of the molecule is O=C(O)c1cnc2ccc(Br)cc2c1NC1CCOC1. The number of fused-ring (bicyclic) bond motifs is 1. The van der Waals surface area contributed by atoms with E-state index in [9.17, 15) is 9.90 Å². The predicted molar refractivity (Wildman–Crippen MR) is 79.2 cm³/mol. The highest BCUT2D eigenvalue weighted by Gasteiger charge is 2.21. The molecule has 0 bridgehead atoms. The van der Waals surface area contributed by atoms with Crippen LogP contribution in [0.25, 0.3) is 10.9 Å². The second kappa shape index (κ2) is 5.38. The fourth-order valence-electron chi connectivity index (χ4n) is 2.33. The number of aromatic nitrogens is 1. The topological polar surface area (TPSA) is 71.5 Å². The molecule has 0 spiro atoms. The number of anilines is 1. The molecule has 104 valence electrons. The number of nitrogens with zero attached hydrogens (tertiary/aromatic N) is 1. The van der Waals surface area contributed by atoms with Crippen LogP contribution in [0.5, 0.6) is 0 Å². The lowest BCUT2D eigenvalue weighted by molar-refractivity contribution is 0.0697. The molecule has 1 aliphatic heterocycles. The van der Waals surface area contributed by atoms with Crippen LogP contribution < -0.4 is 5.32 Å². The summed E-state index contributed by atoms with van der Waals surface area (Å²) in [4.78, 5) is 15.6. The number of carbonyl (C=O) groups is 1. The molecule has 2 N–H and O–H groups in total. The highest BCUT2D eigenvalue weighted by Crippen LogP contribution is 2.30. The lowest BCUT2D eigenvalue weighted by atomic mass is 10.1. The zero-order valence-electron chi connectivity index (χ0n) is 10.6. The Morgan fingerprint density at radius 1 is 1.50 bits per heavy atom. The van der Waals surface area contributed by atoms with Gasteiger partial charge in [0.1, 0.15) is 5.56 Å². The number of halogens is 1. The maximum Gasteiger partial charge on any atom is 0.339 e. The van der Waals surface area contributed by atoms with Gasteiger partial charge in [-0.3, -0.25) is 4.98 Å². The molecular formula is C14H13BrN2O3. The number of aromatic carboxylic acids is 1. The average molecular weight is 337 g/mol. The Morgan fingerprint density at radius 2 is 2.35 bits per heavy atom. The quantitative estimate of drug-likeness (QED) is 0.901. The predicted octanol–water partition coefficient (Wildman–Crippen LogP) is 2.90. The van der Waals surface area contributed by atoms with Crippen LogP contribution in [-0.4, -0.2) is 35.3 Å². The fourth-order valence-corrected chi connectivity index (χ4v) is 2.70. The van der Waals surface area contributed by atoms with Gasteiger partial charge in [0.05, 0.1) is 23.9 Å².